The lowest BCUT2D eigenvalue weighted by Gasteiger charge is -2.32. The molecule has 0 amide bonds. The van der Waals surface area contributed by atoms with Gasteiger partial charge < -0.3 is 15.4 Å². The average molecular weight is 342 g/mol. The van der Waals surface area contributed by atoms with E-state index in [9.17, 15) is 0 Å². The fourth-order valence-corrected chi connectivity index (χ4v) is 2.80. The Morgan fingerprint density at radius 3 is 2.70 bits per heavy atom. The van der Waals surface area contributed by atoms with Gasteiger partial charge in [0.25, 0.3) is 0 Å². The standard InChI is InChI=1S/C15H24BrN3O/c1-18-6-8-19(9-7-18)10-11-20-15-3-2-14(16)12-13(15)4-5-17/h2-3,12H,4-11,17H2,1H3. The third kappa shape index (κ3) is 4.74. The maximum absolute atomic E-state index is 5.94. The molecule has 20 heavy (non-hydrogen) atoms. The van der Waals surface area contributed by atoms with Gasteiger partial charge in [-0.3, -0.25) is 4.90 Å². The fourth-order valence-electron chi connectivity index (χ4n) is 2.40. The number of ether oxygens (including phenoxy) is 1. The van der Waals surface area contributed by atoms with Crippen LogP contribution < -0.4 is 10.5 Å². The van der Waals surface area contributed by atoms with E-state index in [1.165, 1.54) is 5.56 Å². The van der Waals surface area contributed by atoms with Gasteiger partial charge in [0.15, 0.2) is 0 Å². The molecule has 1 aliphatic heterocycles. The van der Waals surface area contributed by atoms with Gasteiger partial charge in [0, 0.05) is 37.2 Å². The Labute approximate surface area is 130 Å². The third-order valence-electron chi connectivity index (χ3n) is 3.70. The normalized spacial score (nSPS) is 17.4. The van der Waals surface area contributed by atoms with Crippen molar-refractivity contribution in [1.29, 1.82) is 0 Å². The zero-order valence-corrected chi connectivity index (χ0v) is 13.7. The molecule has 1 aliphatic rings. The maximum atomic E-state index is 5.94. The van der Waals surface area contributed by atoms with Crippen LogP contribution in [-0.2, 0) is 6.42 Å². The van der Waals surface area contributed by atoms with E-state index in [-0.39, 0.29) is 0 Å². The first-order chi connectivity index (χ1) is 9.69. The van der Waals surface area contributed by atoms with Gasteiger partial charge in [-0.25, -0.2) is 0 Å². The minimum atomic E-state index is 0.644. The van der Waals surface area contributed by atoms with Crippen molar-refractivity contribution in [2.45, 2.75) is 6.42 Å². The molecule has 1 fully saturated rings. The molecule has 0 aliphatic carbocycles. The summed E-state index contributed by atoms with van der Waals surface area (Å²) < 4.78 is 7.02. The lowest BCUT2D eigenvalue weighted by atomic mass is 10.1. The molecular formula is C15H24BrN3O. The minimum absolute atomic E-state index is 0.644. The second-order valence-electron chi connectivity index (χ2n) is 5.28. The van der Waals surface area contributed by atoms with E-state index in [1.807, 2.05) is 12.1 Å². The monoisotopic (exact) mass is 341 g/mol. The predicted octanol–water partition coefficient (Wildman–Crippen LogP) is 1.58. The Balaban J connectivity index is 1.81. The van der Waals surface area contributed by atoms with E-state index < -0.39 is 0 Å². The molecule has 1 aromatic carbocycles. The summed E-state index contributed by atoms with van der Waals surface area (Å²) in [7, 11) is 2.18. The number of halogens is 1. The summed E-state index contributed by atoms with van der Waals surface area (Å²) >= 11 is 3.49. The van der Waals surface area contributed by atoms with Crippen LogP contribution in [0.5, 0.6) is 5.75 Å². The summed E-state index contributed by atoms with van der Waals surface area (Å²) in [6.45, 7) is 6.94. The molecule has 5 heteroatoms. The number of hydrogen-bond donors (Lipinski definition) is 1. The highest BCUT2D eigenvalue weighted by atomic mass is 79.9. The highest BCUT2D eigenvalue weighted by Crippen LogP contribution is 2.23. The molecule has 112 valence electrons. The summed E-state index contributed by atoms with van der Waals surface area (Å²) in [5, 5.41) is 0. The van der Waals surface area contributed by atoms with Gasteiger partial charge in [0.2, 0.25) is 0 Å². The zero-order chi connectivity index (χ0) is 14.4. The van der Waals surface area contributed by atoms with E-state index in [2.05, 4.69) is 38.8 Å². The van der Waals surface area contributed by atoms with Crippen molar-refractivity contribution in [3.8, 4) is 5.75 Å². The number of benzene rings is 1. The van der Waals surface area contributed by atoms with Gasteiger partial charge in [0.05, 0.1) is 0 Å². The molecule has 1 heterocycles. The summed E-state index contributed by atoms with van der Waals surface area (Å²) in [6.07, 6.45) is 0.850. The molecule has 1 aromatic rings. The van der Waals surface area contributed by atoms with Crippen LogP contribution >= 0.6 is 15.9 Å². The van der Waals surface area contributed by atoms with Crippen molar-refractivity contribution in [2.75, 3.05) is 52.9 Å². The maximum Gasteiger partial charge on any atom is 0.122 e. The number of piperazine rings is 1. The lowest BCUT2D eigenvalue weighted by molar-refractivity contribution is 0.133. The van der Waals surface area contributed by atoms with Crippen molar-refractivity contribution in [3.05, 3.63) is 28.2 Å². The van der Waals surface area contributed by atoms with Crippen LogP contribution in [0.1, 0.15) is 5.56 Å². The van der Waals surface area contributed by atoms with Crippen molar-refractivity contribution in [2.24, 2.45) is 5.73 Å². The topological polar surface area (TPSA) is 41.7 Å². The number of hydrogen-bond acceptors (Lipinski definition) is 4. The van der Waals surface area contributed by atoms with Crippen molar-refractivity contribution in [3.63, 3.8) is 0 Å². The number of nitrogens with zero attached hydrogens (tertiary/aromatic N) is 2. The molecule has 2 rings (SSSR count). The Morgan fingerprint density at radius 2 is 2.00 bits per heavy atom. The largest absolute Gasteiger partial charge is 0.492 e. The van der Waals surface area contributed by atoms with Gasteiger partial charge in [-0.2, -0.15) is 0 Å². The van der Waals surface area contributed by atoms with E-state index in [0.29, 0.717) is 6.54 Å². The molecule has 0 saturated carbocycles. The van der Waals surface area contributed by atoms with E-state index in [4.69, 9.17) is 10.5 Å². The highest BCUT2D eigenvalue weighted by Gasteiger charge is 2.13. The van der Waals surface area contributed by atoms with Crippen LogP contribution in [0.4, 0.5) is 0 Å². The number of likely N-dealkylation sites (N-methyl/N-ethyl adjacent to an activating group) is 1. The average Bonchev–Trinajstić information content (AvgIpc) is 2.44. The van der Waals surface area contributed by atoms with Crippen molar-refractivity contribution >= 4 is 15.9 Å². The van der Waals surface area contributed by atoms with Gasteiger partial charge in [-0.1, -0.05) is 15.9 Å². The van der Waals surface area contributed by atoms with Gasteiger partial charge in [-0.05, 0) is 43.8 Å². The van der Waals surface area contributed by atoms with Crippen LogP contribution in [0, 0.1) is 0 Å². The van der Waals surface area contributed by atoms with Crippen molar-refractivity contribution < 1.29 is 4.74 Å². The molecule has 1 saturated heterocycles. The van der Waals surface area contributed by atoms with Crippen LogP contribution in [-0.4, -0.2) is 62.7 Å². The van der Waals surface area contributed by atoms with Crippen molar-refractivity contribution in [1.82, 2.24) is 9.80 Å². The summed E-state index contributed by atoms with van der Waals surface area (Å²) in [4.78, 5) is 4.83. The predicted molar refractivity (Wildman–Crippen MR) is 86.3 cm³/mol. The Bertz CT molecular complexity index is 420. The summed E-state index contributed by atoms with van der Waals surface area (Å²) in [5.74, 6) is 0.966. The molecule has 4 nitrogen and oxygen atoms in total. The second-order valence-corrected chi connectivity index (χ2v) is 6.20. The Morgan fingerprint density at radius 1 is 1.25 bits per heavy atom. The SMILES string of the molecule is CN1CCN(CCOc2ccc(Br)cc2CCN)CC1. The molecule has 0 radical (unpaired) electrons. The minimum Gasteiger partial charge on any atom is -0.492 e. The molecule has 0 spiro atoms. The molecule has 2 N–H and O–H groups in total. The quantitative estimate of drug-likeness (QED) is 0.852. The molecular weight excluding hydrogens is 318 g/mol. The van der Waals surface area contributed by atoms with Gasteiger partial charge in [0.1, 0.15) is 12.4 Å². The van der Waals surface area contributed by atoms with E-state index in [0.717, 1.165) is 56.0 Å². The highest BCUT2D eigenvalue weighted by molar-refractivity contribution is 9.10. The fraction of sp³-hybridized carbons (Fsp3) is 0.600. The molecule has 0 atom stereocenters. The second kappa shape index (κ2) is 7.98. The first-order valence-electron chi connectivity index (χ1n) is 7.21. The Hall–Kier alpha value is -0.620. The number of nitrogens with two attached hydrogens (primary N) is 1. The van der Waals surface area contributed by atoms with Gasteiger partial charge >= 0.3 is 0 Å². The first kappa shape index (κ1) is 15.8. The van der Waals surface area contributed by atoms with E-state index in [1.54, 1.807) is 0 Å². The van der Waals surface area contributed by atoms with Crippen LogP contribution in [0.25, 0.3) is 0 Å². The van der Waals surface area contributed by atoms with Gasteiger partial charge in [-0.15, -0.1) is 0 Å². The molecule has 0 aromatic heterocycles. The van der Waals surface area contributed by atoms with Crippen LogP contribution in [0.2, 0.25) is 0 Å². The summed E-state index contributed by atoms with van der Waals surface area (Å²) in [5.41, 5.74) is 6.84. The molecule has 0 bridgehead atoms. The lowest BCUT2D eigenvalue weighted by Crippen LogP contribution is -2.45. The smallest absolute Gasteiger partial charge is 0.122 e. The number of rotatable bonds is 6. The zero-order valence-electron chi connectivity index (χ0n) is 12.1. The summed E-state index contributed by atoms with van der Waals surface area (Å²) in [6, 6.07) is 6.14. The van der Waals surface area contributed by atoms with Crippen LogP contribution in [0.15, 0.2) is 22.7 Å². The third-order valence-corrected chi connectivity index (χ3v) is 4.19. The molecule has 0 unspecified atom stereocenters. The first-order valence-corrected chi connectivity index (χ1v) is 8.00. The van der Waals surface area contributed by atoms with E-state index >= 15 is 0 Å². The van der Waals surface area contributed by atoms with Crippen LogP contribution in [0.3, 0.4) is 0 Å². The Kier molecular flexibility index (Phi) is 6.29.